The lowest BCUT2D eigenvalue weighted by Gasteiger charge is -2.07. The van der Waals surface area contributed by atoms with E-state index in [1.807, 2.05) is 6.92 Å². The summed E-state index contributed by atoms with van der Waals surface area (Å²) in [6.45, 7) is 1.81. The van der Waals surface area contributed by atoms with Crippen molar-refractivity contribution in [3.8, 4) is 11.3 Å². The van der Waals surface area contributed by atoms with Crippen molar-refractivity contribution in [2.75, 3.05) is 0 Å². The van der Waals surface area contributed by atoms with Crippen LogP contribution in [-0.2, 0) is 17.4 Å². The van der Waals surface area contributed by atoms with Gasteiger partial charge >= 0.3 is 12.1 Å². The predicted molar refractivity (Wildman–Crippen MR) is 94.3 cm³/mol. The van der Waals surface area contributed by atoms with Crippen LogP contribution in [0.1, 0.15) is 24.1 Å². The summed E-state index contributed by atoms with van der Waals surface area (Å²) in [5, 5.41) is 16.9. The average Bonchev–Trinajstić information content (AvgIpc) is 3.30. The van der Waals surface area contributed by atoms with Gasteiger partial charge in [0.1, 0.15) is 16.4 Å². The molecule has 0 fully saturated rings. The molecule has 2 aromatic heterocycles. The minimum absolute atomic E-state index is 0.0650. The van der Waals surface area contributed by atoms with Crippen LogP contribution < -0.4 is 0 Å². The molecule has 0 saturated carbocycles. The number of nitrogens with zero attached hydrogens (tertiary/aromatic N) is 2. The number of furan rings is 1. The SMILES string of the molecule is CCc1nnc(S/C(=C\c2ccc(-c3cccc(C(F)(F)F)c3)o2)C(=O)O)o1. The lowest BCUT2D eigenvalue weighted by Crippen LogP contribution is -2.04. The van der Waals surface area contributed by atoms with Crippen molar-refractivity contribution in [3.05, 3.63) is 58.5 Å². The number of hydrogen-bond donors (Lipinski definition) is 1. The van der Waals surface area contributed by atoms with Crippen molar-refractivity contribution in [2.24, 2.45) is 0 Å². The van der Waals surface area contributed by atoms with E-state index in [1.165, 1.54) is 30.3 Å². The molecular formula is C18H13F3N2O4S. The molecular weight excluding hydrogens is 397 g/mol. The zero-order valence-corrected chi connectivity index (χ0v) is 15.2. The second-order valence-electron chi connectivity index (χ2n) is 5.51. The number of carbonyl (C=O) groups is 1. The van der Waals surface area contributed by atoms with Gasteiger partial charge in [-0.15, -0.1) is 10.2 Å². The van der Waals surface area contributed by atoms with Crippen molar-refractivity contribution in [2.45, 2.75) is 24.7 Å². The fourth-order valence-corrected chi connectivity index (χ4v) is 2.88. The molecule has 28 heavy (non-hydrogen) atoms. The molecule has 0 amide bonds. The lowest BCUT2D eigenvalue weighted by atomic mass is 10.1. The summed E-state index contributed by atoms with van der Waals surface area (Å²) < 4.78 is 49.3. The first-order valence-corrected chi connectivity index (χ1v) is 8.80. The van der Waals surface area contributed by atoms with Crippen LogP contribution in [0.15, 0.2) is 55.4 Å². The minimum Gasteiger partial charge on any atom is -0.477 e. The van der Waals surface area contributed by atoms with Gasteiger partial charge in [-0.3, -0.25) is 0 Å². The van der Waals surface area contributed by atoms with Crippen molar-refractivity contribution in [3.63, 3.8) is 0 Å². The number of benzene rings is 1. The van der Waals surface area contributed by atoms with E-state index in [2.05, 4.69) is 10.2 Å². The van der Waals surface area contributed by atoms with Crippen molar-refractivity contribution in [1.82, 2.24) is 10.2 Å². The van der Waals surface area contributed by atoms with Gasteiger partial charge in [-0.2, -0.15) is 13.2 Å². The fraction of sp³-hybridized carbons (Fsp3) is 0.167. The number of aromatic nitrogens is 2. The number of alkyl halides is 3. The first-order valence-electron chi connectivity index (χ1n) is 7.99. The van der Waals surface area contributed by atoms with Gasteiger partial charge in [0, 0.05) is 18.1 Å². The van der Waals surface area contributed by atoms with Crippen LogP contribution in [0.4, 0.5) is 13.2 Å². The third kappa shape index (κ3) is 4.63. The number of aliphatic carboxylic acids is 1. The number of carboxylic acids is 1. The number of thioether (sulfide) groups is 1. The lowest BCUT2D eigenvalue weighted by molar-refractivity contribution is -0.137. The monoisotopic (exact) mass is 410 g/mol. The smallest absolute Gasteiger partial charge is 0.416 e. The third-order valence-corrected chi connectivity index (χ3v) is 4.39. The Balaban J connectivity index is 1.86. The van der Waals surface area contributed by atoms with Crippen LogP contribution in [0, 0.1) is 0 Å². The number of halogens is 3. The maximum atomic E-state index is 12.9. The highest BCUT2D eigenvalue weighted by Crippen LogP contribution is 2.33. The topological polar surface area (TPSA) is 89.4 Å². The predicted octanol–water partition coefficient (Wildman–Crippen LogP) is 5.13. The highest BCUT2D eigenvalue weighted by Gasteiger charge is 2.30. The van der Waals surface area contributed by atoms with Crippen molar-refractivity contribution < 1.29 is 31.9 Å². The van der Waals surface area contributed by atoms with E-state index in [-0.39, 0.29) is 27.2 Å². The molecule has 1 N–H and O–H groups in total. The van der Waals surface area contributed by atoms with E-state index >= 15 is 0 Å². The molecule has 3 rings (SSSR count). The highest BCUT2D eigenvalue weighted by atomic mass is 32.2. The summed E-state index contributed by atoms with van der Waals surface area (Å²) in [7, 11) is 0. The quantitative estimate of drug-likeness (QED) is 0.445. The summed E-state index contributed by atoms with van der Waals surface area (Å²) in [4.78, 5) is 11.3. The molecule has 6 nitrogen and oxygen atoms in total. The van der Waals surface area contributed by atoms with Crippen LogP contribution in [0.25, 0.3) is 17.4 Å². The van der Waals surface area contributed by atoms with Gasteiger partial charge in [-0.1, -0.05) is 19.1 Å². The molecule has 0 aliphatic carbocycles. The van der Waals surface area contributed by atoms with E-state index in [0.717, 1.165) is 23.9 Å². The summed E-state index contributed by atoms with van der Waals surface area (Å²) in [6, 6.07) is 7.59. The van der Waals surface area contributed by atoms with Crippen LogP contribution in [0.3, 0.4) is 0 Å². The maximum absolute atomic E-state index is 12.9. The summed E-state index contributed by atoms with van der Waals surface area (Å²) in [5.41, 5.74) is -0.577. The molecule has 146 valence electrons. The Morgan fingerprint density at radius 3 is 2.64 bits per heavy atom. The van der Waals surface area contributed by atoms with E-state index in [0.29, 0.717) is 12.3 Å². The molecule has 0 spiro atoms. The molecule has 0 aliphatic rings. The zero-order chi connectivity index (χ0) is 20.3. The van der Waals surface area contributed by atoms with Gasteiger partial charge in [0.15, 0.2) is 0 Å². The van der Waals surface area contributed by atoms with E-state index in [9.17, 15) is 23.1 Å². The van der Waals surface area contributed by atoms with Crippen LogP contribution >= 0.6 is 11.8 Å². The van der Waals surface area contributed by atoms with Crippen molar-refractivity contribution >= 4 is 23.8 Å². The molecule has 0 saturated heterocycles. The number of aryl methyl sites for hydroxylation is 1. The Morgan fingerprint density at radius 2 is 2.00 bits per heavy atom. The molecule has 0 atom stereocenters. The molecule has 10 heteroatoms. The third-order valence-electron chi connectivity index (χ3n) is 3.53. The normalized spacial score (nSPS) is 12.4. The van der Waals surface area contributed by atoms with Gasteiger partial charge < -0.3 is 13.9 Å². The average molecular weight is 410 g/mol. The Labute approximate surface area is 161 Å². The molecule has 0 bridgehead atoms. The van der Waals surface area contributed by atoms with Gasteiger partial charge in [-0.05, 0) is 36.0 Å². The largest absolute Gasteiger partial charge is 0.477 e. The number of hydrogen-bond acceptors (Lipinski definition) is 6. The van der Waals surface area contributed by atoms with Crippen LogP contribution in [-0.4, -0.2) is 21.3 Å². The Bertz CT molecular complexity index is 1020. The second-order valence-corrected chi connectivity index (χ2v) is 6.50. The molecule has 2 heterocycles. The first kappa shape index (κ1) is 19.7. The summed E-state index contributed by atoms with van der Waals surface area (Å²) >= 11 is 0.751. The second kappa shape index (κ2) is 7.93. The first-order chi connectivity index (χ1) is 13.3. The summed E-state index contributed by atoms with van der Waals surface area (Å²) in [5.74, 6) is -0.527. The van der Waals surface area contributed by atoms with Crippen LogP contribution in [0.5, 0.6) is 0 Å². The molecule has 0 radical (unpaired) electrons. The van der Waals surface area contributed by atoms with Gasteiger partial charge in [0.25, 0.3) is 5.22 Å². The molecule has 3 aromatic rings. The highest BCUT2D eigenvalue weighted by molar-refractivity contribution is 8.03. The van der Waals surface area contributed by atoms with Crippen molar-refractivity contribution in [1.29, 1.82) is 0 Å². The molecule has 1 aromatic carbocycles. The molecule has 0 unspecified atom stereocenters. The number of carboxylic acid groups (broad SMARTS) is 1. The number of rotatable bonds is 6. The van der Waals surface area contributed by atoms with Gasteiger partial charge in [0.2, 0.25) is 5.89 Å². The Hall–Kier alpha value is -3.01. The van der Waals surface area contributed by atoms with Crippen LogP contribution in [0.2, 0.25) is 0 Å². The summed E-state index contributed by atoms with van der Waals surface area (Å²) in [6.07, 6.45) is -2.72. The Kier molecular flexibility index (Phi) is 5.59. The fourth-order valence-electron chi connectivity index (χ4n) is 2.21. The van der Waals surface area contributed by atoms with Gasteiger partial charge in [-0.25, -0.2) is 4.79 Å². The molecule has 0 aliphatic heterocycles. The Morgan fingerprint density at radius 1 is 1.21 bits per heavy atom. The van der Waals surface area contributed by atoms with Gasteiger partial charge in [0.05, 0.1) is 5.56 Å². The van der Waals surface area contributed by atoms with E-state index in [1.54, 1.807) is 0 Å². The standard InChI is InChI=1S/C18H13F3N2O4S/c1-2-15-22-23-17(27-15)28-14(16(24)25)9-12-6-7-13(26-12)10-4-3-5-11(8-10)18(19,20)21/h3-9H,2H2,1H3,(H,24,25)/b14-9-. The zero-order valence-electron chi connectivity index (χ0n) is 14.4. The van der Waals surface area contributed by atoms with E-state index < -0.39 is 17.7 Å². The minimum atomic E-state index is -4.47. The maximum Gasteiger partial charge on any atom is 0.416 e. The van der Waals surface area contributed by atoms with E-state index in [4.69, 9.17) is 8.83 Å².